The molecule has 1 N–H and O–H groups in total. The molecule has 0 fully saturated rings. The number of nitrogens with one attached hydrogen (secondary N) is 1. The number of anilines is 1. The molecule has 0 aliphatic carbocycles. The van der Waals surface area contributed by atoms with Crippen LogP contribution in [0.5, 0.6) is 11.5 Å². The Bertz CT molecular complexity index is 649. The van der Waals surface area contributed by atoms with Crippen LogP contribution in [0, 0.1) is 6.92 Å². The van der Waals surface area contributed by atoms with E-state index in [1.807, 2.05) is 22.8 Å². The number of hydrogen-bond acceptors (Lipinski definition) is 3. The third kappa shape index (κ3) is 1.83. The smallest absolute Gasteiger partial charge is 0.140 e. The van der Waals surface area contributed by atoms with Crippen molar-refractivity contribution in [3.8, 4) is 17.2 Å². The van der Waals surface area contributed by atoms with E-state index in [0.29, 0.717) is 6.54 Å². The lowest BCUT2D eigenvalue weighted by atomic mass is 10.1. The van der Waals surface area contributed by atoms with Gasteiger partial charge in [-0.3, -0.25) is 4.57 Å². The van der Waals surface area contributed by atoms with Crippen molar-refractivity contribution in [2.45, 2.75) is 13.5 Å². The third-order valence-electron chi connectivity index (χ3n) is 3.44. The molecule has 1 aromatic carbocycles. The Labute approximate surface area is 116 Å². The number of benzene rings is 1. The van der Waals surface area contributed by atoms with Gasteiger partial charge in [-0.15, -0.1) is 0 Å². The molecule has 4 nitrogen and oxygen atoms in total. The van der Waals surface area contributed by atoms with Gasteiger partial charge in [-0.05, 0) is 19.1 Å². The van der Waals surface area contributed by atoms with Gasteiger partial charge >= 0.3 is 0 Å². The summed E-state index contributed by atoms with van der Waals surface area (Å²) < 4.78 is 12.6. The number of hydrogen-bond donors (Lipinski definition) is 1. The number of aromatic nitrogens is 1. The molecular weight excluding hydrogens is 264 g/mol. The van der Waals surface area contributed by atoms with E-state index in [1.54, 1.807) is 14.2 Å². The first kappa shape index (κ1) is 12.2. The second-order valence-electron chi connectivity index (χ2n) is 4.48. The van der Waals surface area contributed by atoms with Crippen molar-refractivity contribution in [2.24, 2.45) is 0 Å². The van der Waals surface area contributed by atoms with E-state index in [9.17, 15) is 0 Å². The van der Waals surface area contributed by atoms with Gasteiger partial charge in [0.1, 0.15) is 22.5 Å². The van der Waals surface area contributed by atoms with E-state index in [2.05, 4.69) is 12.2 Å². The highest BCUT2D eigenvalue weighted by Crippen LogP contribution is 2.49. The molecule has 0 aromatic heterocycles. The molecule has 0 saturated heterocycles. The highest BCUT2D eigenvalue weighted by Gasteiger charge is 2.34. The summed E-state index contributed by atoms with van der Waals surface area (Å²) in [5.74, 6) is 2.69. The Hall–Kier alpha value is -1.81. The Morgan fingerprint density at radius 3 is 2.63 bits per heavy atom. The molecule has 19 heavy (non-hydrogen) atoms. The molecule has 2 aliphatic rings. The quantitative estimate of drug-likeness (QED) is 0.777. The number of nitrogens with zero attached hydrogens (tertiary/aromatic N) is 1. The van der Waals surface area contributed by atoms with E-state index in [-0.39, 0.29) is 0 Å². The molecule has 0 unspecified atom stereocenters. The third-order valence-corrected chi connectivity index (χ3v) is 3.79. The molecule has 2 aliphatic heterocycles. The van der Waals surface area contributed by atoms with Gasteiger partial charge < -0.3 is 14.8 Å². The zero-order valence-electron chi connectivity index (χ0n) is 11.1. The van der Waals surface area contributed by atoms with Gasteiger partial charge in [0.15, 0.2) is 0 Å². The predicted molar refractivity (Wildman–Crippen MR) is 75.9 cm³/mol. The molecule has 1 aromatic rings. The number of ether oxygens (including phenoxy) is 2. The number of rotatable bonds is 5. The van der Waals surface area contributed by atoms with Crippen molar-refractivity contribution in [3.05, 3.63) is 34.5 Å². The SMILES string of the molecule is COc1ccc(CNc2c(C)c3c(Cl)n2-3)c(OC)c1. The van der Waals surface area contributed by atoms with Gasteiger partial charge in [-0.25, -0.2) is 0 Å². The molecule has 2 heterocycles. The largest absolute Gasteiger partial charge is 0.497 e. The lowest BCUT2D eigenvalue weighted by Gasteiger charge is -2.16. The molecule has 0 amide bonds. The standard InChI is InChI=1S/C14H15ClN2O2/c1-8-12-13(15)17(12)14(8)16-7-9-4-5-10(18-2)6-11(9)19-3/h4-6,16H,7H2,1-3H3. The van der Waals surface area contributed by atoms with Gasteiger partial charge in [0.05, 0.1) is 19.9 Å². The molecular formula is C14H15ClN2O2. The monoisotopic (exact) mass is 278 g/mol. The fraction of sp³-hybridized carbons (Fsp3) is 0.286. The number of methoxy groups -OCH3 is 2. The second kappa shape index (κ2) is 4.38. The van der Waals surface area contributed by atoms with Crippen molar-refractivity contribution in [1.82, 2.24) is 4.57 Å². The van der Waals surface area contributed by atoms with Crippen LogP contribution >= 0.6 is 11.6 Å². The topological polar surface area (TPSA) is 35.4 Å². The summed E-state index contributed by atoms with van der Waals surface area (Å²) in [6.45, 7) is 2.75. The van der Waals surface area contributed by atoms with Gasteiger partial charge in [-0.1, -0.05) is 11.6 Å². The van der Waals surface area contributed by atoms with Gasteiger partial charge in [-0.2, -0.15) is 0 Å². The average Bonchev–Trinajstić information content (AvgIpc) is 3.04. The zero-order valence-corrected chi connectivity index (χ0v) is 11.8. The summed E-state index contributed by atoms with van der Waals surface area (Å²) >= 11 is 6.00. The maximum absolute atomic E-state index is 6.00. The van der Waals surface area contributed by atoms with Crippen molar-refractivity contribution < 1.29 is 9.47 Å². The fourth-order valence-corrected chi connectivity index (χ4v) is 2.65. The van der Waals surface area contributed by atoms with Crippen molar-refractivity contribution in [1.29, 1.82) is 0 Å². The van der Waals surface area contributed by atoms with Crippen LogP contribution in [0.1, 0.15) is 11.1 Å². The average molecular weight is 279 g/mol. The second-order valence-corrected chi connectivity index (χ2v) is 4.84. The van der Waals surface area contributed by atoms with E-state index in [1.165, 1.54) is 5.56 Å². The van der Waals surface area contributed by atoms with E-state index < -0.39 is 0 Å². The Morgan fingerprint density at radius 1 is 1.26 bits per heavy atom. The lowest BCUT2D eigenvalue weighted by Crippen LogP contribution is -2.08. The summed E-state index contributed by atoms with van der Waals surface area (Å²) in [5.41, 5.74) is 3.46. The summed E-state index contributed by atoms with van der Waals surface area (Å²) in [5, 5.41) is 4.21. The molecule has 0 radical (unpaired) electrons. The van der Waals surface area contributed by atoms with E-state index in [4.69, 9.17) is 21.1 Å². The van der Waals surface area contributed by atoms with Gasteiger partial charge in [0, 0.05) is 23.7 Å². The number of halogens is 1. The van der Waals surface area contributed by atoms with Crippen LogP contribution in [0.2, 0.25) is 5.15 Å². The fourth-order valence-electron chi connectivity index (χ4n) is 2.29. The first-order valence-electron chi connectivity index (χ1n) is 6.03. The predicted octanol–water partition coefficient (Wildman–Crippen LogP) is 3.38. The van der Waals surface area contributed by atoms with Crippen LogP contribution in [-0.2, 0) is 6.54 Å². The van der Waals surface area contributed by atoms with Crippen LogP contribution in [-0.4, -0.2) is 18.8 Å². The summed E-state index contributed by atoms with van der Waals surface area (Å²) in [6.07, 6.45) is 0. The van der Waals surface area contributed by atoms with Gasteiger partial charge in [0.2, 0.25) is 0 Å². The lowest BCUT2D eigenvalue weighted by molar-refractivity contribution is 0.391. The van der Waals surface area contributed by atoms with Crippen LogP contribution in [0.3, 0.4) is 0 Å². The maximum Gasteiger partial charge on any atom is 0.140 e. The van der Waals surface area contributed by atoms with Crippen LogP contribution in [0.15, 0.2) is 18.2 Å². The minimum atomic E-state index is 0.688. The Kier molecular flexibility index (Phi) is 2.82. The highest BCUT2D eigenvalue weighted by atomic mass is 35.5. The van der Waals surface area contributed by atoms with Crippen LogP contribution < -0.4 is 14.8 Å². The molecule has 100 valence electrons. The van der Waals surface area contributed by atoms with Crippen molar-refractivity contribution >= 4 is 17.4 Å². The van der Waals surface area contributed by atoms with Crippen LogP contribution in [0.4, 0.5) is 5.82 Å². The van der Waals surface area contributed by atoms with E-state index >= 15 is 0 Å². The molecule has 0 bridgehead atoms. The highest BCUT2D eigenvalue weighted by molar-refractivity contribution is 6.36. The molecule has 3 rings (SSSR count). The van der Waals surface area contributed by atoms with Crippen molar-refractivity contribution in [2.75, 3.05) is 19.5 Å². The summed E-state index contributed by atoms with van der Waals surface area (Å²) in [7, 11) is 3.30. The minimum Gasteiger partial charge on any atom is -0.497 e. The molecule has 0 saturated carbocycles. The summed E-state index contributed by atoms with van der Waals surface area (Å²) in [6, 6.07) is 5.81. The van der Waals surface area contributed by atoms with Gasteiger partial charge in [0.25, 0.3) is 0 Å². The number of fused-ring (bicyclic) bond motifs is 1. The Morgan fingerprint density at radius 2 is 2.05 bits per heavy atom. The molecule has 0 atom stereocenters. The molecule has 5 heteroatoms. The normalized spacial score (nSPS) is 11.4. The first-order valence-corrected chi connectivity index (χ1v) is 6.41. The van der Waals surface area contributed by atoms with Crippen LogP contribution in [0.25, 0.3) is 5.69 Å². The summed E-state index contributed by atoms with van der Waals surface area (Å²) in [4.78, 5) is 0. The van der Waals surface area contributed by atoms with E-state index in [0.717, 1.165) is 33.7 Å². The first-order chi connectivity index (χ1) is 9.17. The minimum absolute atomic E-state index is 0.688. The zero-order chi connectivity index (χ0) is 13.6. The Balaban J connectivity index is 1.75. The molecule has 0 spiro atoms. The van der Waals surface area contributed by atoms with Crippen molar-refractivity contribution in [3.63, 3.8) is 0 Å². The maximum atomic E-state index is 6.00.